The molecular weight excluding hydrogens is 203 g/mol. The highest BCUT2D eigenvalue weighted by molar-refractivity contribution is 7.32. The molecule has 0 saturated carbocycles. The molecule has 84 valence electrons. The van der Waals surface area contributed by atoms with Gasteiger partial charge in [-0.25, -0.2) is 0 Å². The Morgan fingerprint density at radius 3 is 2.29 bits per heavy atom. The lowest BCUT2D eigenvalue weighted by atomic mass is 10.6. The summed E-state index contributed by atoms with van der Waals surface area (Å²) in [6.07, 6.45) is 4.20. The van der Waals surface area contributed by atoms with Gasteiger partial charge in [-0.3, -0.25) is 4.57 Å². The van der Waals surface area contributed by atoms with Crippen LogP contribution in [-0.4, -0.2) is 41.6 Å². The highest BCUT2D eigenvalue weighted by atomic mass is 31.1. The van der Waals surface area contributed by atoms with Crippen molar-refractivity contribution in [3.8, 4) is 0 Å². The molecule has 1 heterocycles. The maximum absolute atomic E-state index is 9.56. The van der Waals surface area contributed by atoms with Crippen molar-refractivity contribution >= 4 is 8.25 Å². The monoisotopic (exact) mass is 222 g/mol. The van der Waals surface area contributed by atoms with Crippen LogP contribution in [0.2, 0.25) is 0 Å². The fraction of sp³-hybridized carbons (Fsp3) is 0.750. The molecule has 0 fully saturated rings. The van der Waals surface area contributed by atoms with Crippen LogP contribution < -0.4 is 0 Å². The second-order valence-electron chi connectivity index (χ2n) is 2.80. The van der Waals surface area contributed by atoms with Crippen molar-refractivity contribution in [3.63, 3.8) is 0 Å². The van der Waals surface area contributed by atoms with E-state index in [9.17, 15) is 4.57 Å². The maximum Gasteiger partial charge on any atom is 0.316 e. The molecule has 1 N–H and O–H groups in total. The Morgan fingerprint density at radius 2 is 2.14 bits per heavy atom. The number of rotatable bonds is 3. The van der Waals surface area contributed by atoms with Crippen LogP contribution >= 0.6 is 8.25 Å². The summed E-state index contributed by atoms with van der Waals surface area (Å²) in [5.41, 5.74) is 0. The SMILES string of the molecule is CCN1C=CN(C)C1.CCO[PH](=O)O. The third-order valence-corrected chi connectivity index (χ3v) is 2.15. The van der Waals surface area contributed by atoms with Gasteiger partial charge in [0.1, 0.15) is 0 Å². The lowest BCUT2D eigenvalue weighted by molar-refractivity contribution is 0.297. The van der Waals surface area contributed by atoms with Gasteiger partial charge in [-0.1, -0.05) is 0 Å². The summed E-state index contributed by atoms with van der Waals surface area (Å²) in [5, 5.41) is 0. The fourth-order valence-electron chi connectivity index (χ4n) is 0.918. The van der Waals surface area contributed by atoms with Gasteiger partial charge in [0.15, 0.2) is 0 Å². The molecule has 0 aromatic heterocycles. The Balaban J connectivity index is 0.000000255. The van der Waals surface area contributed by atoms with Gasteiger partial charge in [0.05, 0.1) is 13.3 Å². The molecule has 0 aliphatic carbocycles. The first-order valence-corrected chi connectivity index (χ1v) is 5.84. The molecular formula is C8H19N2O3P. The van der Waals surface area contributed by atoms with E-state index in [0.29, 0.717) is 6.61 Å². The Kier molecular flexibility index (Phi) is 7.57. The third-order valence-electron chi connectivity index (χ3n) is 1.61. The van der Waals surface area contributed by atoms with Crippen LogP contribution in [0.1, 0.15) is 13.8 Å². The standard InChI is InChI=1S/C6H12N2.C2H7O3P/c1-3-8-5-4-7(2)6-8;1-2-5-6(3)4/h4-5H,3,6H2,1-2H3;6H,2H2,1H3,(H,3,4). The van der Waals surface area contributed by atoms with Crippen LogP contribution in [0, 0.1) is 0 Å². The van der Waals surface area contributed by atoms with Crippen LogP contribution in [0.15, 0.2) is 12.4 Å². The predicted molar refractivity (Wildman–Crippen MR) is 57.0 cm³/mol. The summed E-state index contributed by atoms with van der Waals surface area (Å²) in [6.45, 7) is 6.30. The van der Waals surface area contributed by atoms with Crippen LogP contribution in [0.25, 0.3) is 0 Å². The molecule has 1 aliphatic rings. The first kappa shape index (κ1) is 13.5. The van der Waals surface area contributed by atoms with Crippen molar-refractivity contribution < 1.29 is 14.0 Å². The zero-order chi connectivity index (χ0) is 11.0. The lowest BCUT2D eigenvalue weighted by Gasteiger charge is -2.14. The van der Waals surface area contributed by atoms with Crippen molar-refractivity contribution in [2.24, 2.45) is 0 Å². The van der Waals surface area contributed by atoms with Crippen molar-refractivity contribution in [3.05, 3.63) is 12.4 Å². The molecule has 0 aromatic carbocycles. The second kappa shape index (κ2) is 7.85. The van der Waals surface area contributed by atoms with Crippen molar-refractivity contribution in [2.45, 2.75) is 13.8 Å². The van der Waals surface area contributed by atoms with Crippen LogP contribution in [0.5, 0.6) is 0 Å². The molecule has 14 heavy (non-hydrogen) atoms. The van der Waals surface area contributed by atoms with Gasteiger partial charge < -0.3 is 19.2 Å². The highest BCUT2D eigenvalue weighted by Gasteiger charge is 2.03. The third kappa shape index (κ3) is 6.95. The van der Waals surface area contributed by atoms with Gasteiger partial charge in [-0.2, -0.15) is 0 Å². The fourth-order valence-corrected chi connectivity index (χ4v) is 1.16. The second-order valence-corrected chi connectivity index (χ2v) is 3.62. The normalized spacial score (nSPS) is 16.6. The van der Waals surface area contributed by atoms with Crippen LogP contribution in [-0.2, 0) is 9.09 Å². The number of hydrogen-bond donors (Lipinski definition) is 1. The van der Waals surface area contributed by atoms with Gasteiger partial charge in [-0.15, -0.1) is 0 Å². The lowest BCUT2D eigenvalue weighted by Crippen LogP contribution is -2.21. The molecule has 1 rings (SSSR count). The van der Waals surface area contributed by atoms with E-state index >= 15 is 0 Å². The molecule has 0 saturated heterocycles. The minimum absolute atomic E-state index is 0.314. The molecule has 0 spiro atoms. The summed E-state index contributed by atoms with van der Waals surface area (Å²) in [7, 11) is -0.560. The molecule has 6 heteroatoms. The van der Waals surface area contributed by atoms with Crippen molar-refractivity contribution in [2.75, 3.05) is 26.9 Å². The number of hydrogen-bond acceptors (Lipinski definition) is 4. The Hall–Kier alpha value is -0.510. The quantitative estimate of drug-likeness (QED) is 0.724. The van der Waals surface area contributed by atoms with E-state index in [1.54, 1.807) is 6.92 Å². The van der Waals surface area contributed by atoms with E-state index in [0.717, 1.165) is 13.2 Å². The maximum atomic E-state index is 9.56. The van der Waals surface area contributed by atoms with Crippen LogP contribution in [0.3, 0.4) is 0 Å². The molecule has 5 nitrogen and oxygen atoms in total. The van der Waals surface area contributed by atoms with Gasteiger partial charge >= 0.3 is 8.25 Å². The van der Waals surface area contributed by atoms with E-state index in [1.165, 1.54) is 0 Å². The smallest absolute Gasteiger partial charge is 0.316 e. The molecule has 0 bridgehead atoms. The molecule has 1 aliphatic heterocycles. The van der Waals surface area contributed by atoms with Crippen LogP contribution in [0.4, 0.5) is 0 Å². The predicted octanol–water partition coefficient (Wildman–Crippen LogP) is 1.09. The van der Waals surface area contributed by atoms with E-state index in [4.69, 9.17) is 4.89 Å². The Bertz CT molecular complexity index is 199. The van der Waals surface area contributed by atoms with E-state index in [2.05, 4.69) is 40.7 Å². The summed E-state index contributed by atoms with van der Waals surface area (Å²) in [6, 6.07) is 0. The van der Waals surface area contributed by atoms with Gasteiger partial charge in [0, 0.05) is 26.0 Å². The summed E-state index contributed by atoms with van der Waals surface area (Å²) >= 11 is 0. The van der Waals surface area contributed by atoms with E-state index in [-0.39, 0.29) is 0 Å². The van der Waals surface area contributed by atoms with Gasteiger partial charge in [-0.05, 0) is 13.8 Å². The molecule has 1 atom stereocenters. The van der Waals surface area contributed by atoms with Crippen molar-refractivity contribution in [1.82, 2.24) is 9.80 Å². The first-order chi connectivity index (χ1) is 6.60. The summed E-state index contributed by atoms with van der Waals surface area (Å²) < 4.78 is 13.7. The highest BCUT2D eigenvalue weighted by Crippen LogP contribution is 2.12. The van der Waals surface area contributed by atoms with Gasteiger partial charge in [0.25, 0.3) is 0 Å². The molecule has 1 unspecified atom stereocenters. The van der Waals surface area contributed by atoms with E-state index in [1.807, 2.05) is 0 Å². The average Bonchev–Trinajstić information content (AvgIpc) is 2.52. The van der Waals surface area contributed by atoms with Crippen molar-refractivity contribution in [1.29, 1.82) is 0 Å². The van der Waals surface area contributed by atoms with E-state index < -0.39 is 8.25 Å². The molecule has 0 amide bonds. The Labute approximate surface area is 85.9 Å². The average molecular weight is 222 g/mol. The zero-order valence-electron chi connectivity index (χ0n) is 8.93. The molecule has 0 radical (unpaired) electrons. The topological polar surface area (TPSA) is 53.0 Å². The molecule has 0 aromatic rings. The first-order valence-electron chi connectivity index (χ1n) is 4.58. The minimum atomic E-state index is -2.64. The number of nitrogens with zero attached hydrogens (tertiary/aromatic N) is 2. The zero-order valence-corrected chi connectivity index (χ0v) is 9.93. The summed E-state index contributed by atoms with van der Waals surface area (Å²) in [5.74, 6) is 0. The Morgan fingerprint density at radius 1 is 1.50 bits per heavy atom. The minimum Gasteiger partial charge on any atom is -0.362 e. The van der Waals surface area contributed by atoms with Gasteiger partial charge in [0.2, 0.25) is 0 Å². The largest absolute Gasteiger partial charge is 0.362 e. The summed E-state index contributed by atoms with van der Waals surface area (Å²) in [4.78, 5) is 12.3.